The van der Waals surface area contributed by atoms with E-state index in [1.807, 2.05) is 114 Å². The van der Waals surface area contributed by atoms with Gasteiger partial charge in [-0.2, -0.15) is 0 Å². The van der Waals surface area contributed by atoms with Crippen LogP contribution in [0.25, 0.3) is 32.7 Å². The summed E-state index contributed by atoms with van der Waals surface area (Å²) in [6.07, 6.45) is 8.09. The number of nitrogens with one attached hydrogen (secondary N) is 6. The van der Waals surface area contributed by atoms with Crippen molar-refractivity contribution < 1.29 is 14.4 Å². The summed E-state index contributed by atoms with van der Waals surface area (Å²) in [5.74, 6) is -1.24. The number of carbonyl (C=O) groups is 3. The second kappa shape index (κ2) is 41.7. The Morgan fingerprint density at radius 2 is 0.506 bits per heavy atom. The lowest BCUT2D eigenvalue weighted by Gasteiger charge is -2.05. The zero-order chi connectivity index (χ0) is 56.0. The number of H-pyrrole nitrogens is 3. The van der Waals surface area contributed by atoms with E-state index in [0.29, 0.717) is 49.8 Å². The Hall–Kier alpha value is -8.64. The molecule has 412 valence electrons. The number of benzene rings is 6. The third-order valence-electron chi connectivity index (χ3n) is 9.19. The zero-order valence-corrected chi connectivity index (χ0v) is 45.9. The Labute approximate surface area is 457 Å². The highest BCUT2D eigenvalue weighted by Gasteiger charge is 2.15. The summed E-state index contributed by atoms with van der Waals surface area (Å²) in [4.78, 5) is 82.2. The van der Waals surface area contributed by atoms with E-state index >= 15 is 0 Å². The van der Waals surface area contributed by atoms with Gasteiger partial charge >= 0.3 is 0 Å². The molecular weight excluding hydrogens is 961 g/mol. The van der Waals surface area contributed by atoms with Crippen LogP contribution in [0.15, 0.2) is 197 Å². The number of para-hydroxylation sites is 6. The van der Waals surface area contributed by atoms with Crippen LogP contribution in [-0.4, -0.2) is 32.7 Å². The molecule has 6 aromatic carbocycles. The topological polar surface area (TPSA) is 186 Å². The van der Waals surface area contributed by atoms with E-state index in [9.17, 15) is 28.8 Å². The molecule has 0 spiro atoms. The van der Waals surface area contributed by atoms with Crippen molar-refractivity contribution in [2.75, 3.05) is 16.0 Å². The Bertz CT molecular complexity index is 2860. The van der Waals surface area contributed by atoms with Crippen LogP contribution in [0, 0.1) is 0 Å². The predicted molar refractivity (Wildman–Crippen MR) is 332 cm³/mol. The first-order chi connectivity index (χ1) is 36.5. The van der Waals surface area contributed by atoms with Crippen LogP contribution in [0.1, 0.15) is 148 Å². The van der Waals surface area contributed by atoms with Crippen molar-refractivity contribution in [3.05, 3.63) is 230 Å². The summed E-state index contributed by atoms with van der Waals surface area (Å²) < 4.78 is 0. The minimum atomic E-state index is -0.414. The van der Waals surface area contributed by atoms with Gasteiger partial charge in [0.2, 0.25) is 16.3 Å². The summed E-state index contributed by atoms with van der Waals surface area (Å²) in [6, 6.07) is 48.5. The third-order valence-corrected chi connectivity index (χ3v) is 9.19. The van der Waals surface area contributed by atoms with Gasteiger partial charge in [0.1, 0.15) is 16.7 Å². The number of hydrogen-bond acceptors (Lipinski definition) is 6. The molecule has 0 aliphatic heterocycles. The fourth-order valence-electron chi connectivity index (χ4n) is 6.17. The van der Waals surface area contributed by atoms with Crippen LogP contribution in [-0.2, 0) is 0 Å². The SMILES string of the molecule is C.C.CC.CC.CC.CCC.CCC.CCC.O=C(Nc1ccccc1)c1c[nH]c2ccccc2c1=O.O=C(Nc1ccccc1)c1c[nH]c2ccccc2c1=O.O=C(Nc1ccccc1)c1c[nH]c2ccccc2c1=O. The van der Waals surface area contributed by atoms with E-state index in [1.165, 1.54) is 37.9 Å². The van der Waals surface area contributed by atoms with Crippen LogP contribution < -0.4 is 32.2 Å². The second-order valence-electron chi connectivity index (χ2n) is 15.3. The number of amides is 3. The molecule has 0 aliphatic rings. The van der Waals surface area contributed by atoms with Crippen LogP contribution in [0.4, 0.5) is 17.1 Å². The third kappa shape index (κ3) is 23.2. The second-order valence-corrected chi connectivity index (χ2v) is 15.3. The number of aromatic amines is 3. The van der Waals surface area contributed by atoms with Crippen molar-refractivity contribution in [2.45, 2.75) is 117 Å². The maximum atomic E-state index is 12.3. The van der Waals surface area contributed by atoms with Gasteiger partial charge in [-0.15, -0.1) is 0 Å². The van der Waals surface area contributed by atoms with Gasteiger partial charge < -0.3 is 30.9 Å². The molecule has 12 heteroatoms. The minimum Gasteiger partial charge on any atom is -0.360 e. The molecule has 3 amide bonds. The van der Waals surface area contributed by atoms with Gasteiger partial charge in [0.15, 0.2) is 0 Å². The van der Waals surface area contributed by atoms with Gasteiger partial charge in [0.25, 0.3) is 17.7 Å². The predicted octanol–water partition coefficient (Wildman–Crippen LogP) is 16.9. The monoisotopic (exact) mass is 1050 g/mol. The first kappa shape index (κ1) is 70.4. The first-order valence-corrected chi connectivity index (χ1v) is 25.9. The molecule has 0 atom stereocenters. The Morgan fingerprint density at radius 3 is 0.714 bits per heavy atom. The molecule has 12 nitrogen and oxygen atoms in total. The van der Waals surface area contributed by atoms with Crippen molar-refractivity contribution in [1.82, 2.24) is 15.0 Å². The fourth-order valence-corrected chi connectivity index (χ4v) is 6.17. The number of rotatable bonds is 6. The normalized spacial score (nSPS) is 9.04. The van der Waals surface area contributed by atoms with Gasteiger partial charge in [-0.25, -0.2) is 0 Å². The highest BCUT2D eigenvalue weighted by atomic mass is 16.2. The lowest BCUT2D eigenvalue weighted by Crippen LogP contribution is -2.21. The molecule has 0 radical (unpaired) electrons. The molecule has 0 bridgehead atoms. The zero-order valence-electron chi connectivity index (χ0n) is 45.9. The highest BCUT2D eigenvalue weighted by Crippen LogP contribution is 2.13. The molecule has 0 saturated carbocycles. The van der Waals surface area contributed by atoms with E-state index in [-0.39, 0.29) is 47.8 Å². The number of fused-ring (bicyclic) bond motifs is 3. The molecule has 0 fully saturated rings. The maximum absolute atomic E-state index is 12.3. The highest BCUT2D eigenvalue weighted by molar-refractivity contribution is 6.07. The van der Waals surface area contributed by atoms with Crippen LogP contribution in [0.3, 0.4) is 0 Å². The summed E-state index contributed by atoms with van der Waals surface area (Å²) in [5, 5.41) is 9.64. The van der Waals surface area contributed by atoms with Crippen molar-refractivity contribution in [1.29, 1.82) is 0 Å². The van der Waals surface area contributed by atoms with Crippen LogP contribution in [0.2, 0.25) is 0 Å². The molecule has 6 N–H and O–H groups in total. The van der Waals surface area contributed by atoms with Gasteiger partial charge in [0.05, 0.1) is 0 Å². The van der Waals surface area contributed by atoms with E-state index in [2.05, 4.69) is 72.4 Å². The largest absolute Gasteiger partial charge is 0.360 e. The van der Waals surface area contributed by atoms with Crippen molar-refractivity contribution in [3.8, 4) is 0 Å². The maximum Gasteiger partial charge on any atom is 0.261 e. The minimum absolute atomic E-state index is 0. The standard InChI is InChI=1S/3C16H12N2O2.3C3H8.3C2H6.2CH4/c3*19-15-12-8-4-5-9-14(12)17-10-13(15)16(20)18-11-6-2-1-3-7-11;3*1-3-2;3*1-2;;/h3*1-10H,(H,17,19)(H,18,20);3*3H2,1-2H3;3*1-2H3;2*1H4. The Kier molecular flexibility index (Phi) is 38.1. The molecule has 9 aromatic rings. The van der Waals surface area contributed by atoms with Crippen molar-refractivity contribution in [3.63, 3.8) is 0 Å². The molecule has 0 unspecified atom stereocenters. The van der Waals surface area contributed by atoms with Gasteiger partial charge in [-0.3, -0.25) is 28.8 Å². The quantitative estimate of drug-likeness (QED) is 0.0962. The molecule has 77 heavy (non-hydrogen) atoms. The number of pyridine rings is 3. The number of hydrogen-bond donors (Lipinski definition) is 6. The molecule has 3 aromatic heterocycles. The van der Waals surface area contributed by atoms with E-state index in [4.69, 9.17) is 0 Å². The Balaban J connectivity index is 0. The lowest BCUT2D eigenvalue weighted by atomic mass is 10.1. The molecule has 0 saturated heterocycles. The van der Waals surface area contributed by atoms with Crippen LogP contribution >= 0.6 is 0 Å². The van der Waals surface area contributed by atoms with Gasteiger partial charge in [0, 0.05) is 68.4 Å². The summed E-state index contributed by atoms with van der Waals surface area (Å²) in [5.41, 5.74) is 3.62. The molecule has 0 aliphatic carbocycles. The number of aromatic nitrogens is 3. The van der Waals surface area contributed by atoms with E-state index in [0.717, 1.165) is 0 Å². The van der Waals surface area contributed by atoms with Crippen molar-refractivity contribution in [2.24, 2.45) is 0 Å². The fraction of sp³-hybridized carbons (Fsp3) is 0.262. The summed E-state index contributed by atoms with van der Waals surface area (Å²) in [6.45, 7) is 24.8. The van der Waals surface area contributed by atoms with Gasteiger partial charge in [-0.05, 0) is 72.8 Å². The van der Waals surface area contributed by atoms with E-state index < -0.39 is 17.7 Å². The van der Waals surface area contributed by atoms with Crippen LogP contribution in [0.5, 0.6) is 0 Å². The summed E-state index contributed by atoms with van der Waals surface area (Å²) in [7, 11) is 0. The molecule has 9 rings (SSSR count). The first-order valence-electron chi connectivity index (χ1n) is 25.9. The van der Waals surface area contributed by atoms with E-state index in [1.54, 1.807) is 91.0 Å². The number of anilines is 3. The Morgan fingerprint density at radius 1 is 0.325 bits per heavy atom. The molecule has 3 heterocycles. The number of carbonyl (C=O) groups excluding carboxylic acids is 3. The summed E-state index contributed by atoms with van der Waals surface area (Å²) >= 11 is 0. The van der Waals surface area contributed by atoms with Gasteiger partial charge in [-0.1, -0.05) is 208 Å². The molecular formula is C65H86N6O6. The lowest BCUT2D eigenvalue weighted by molar-refractivity contribution is 0.101. The average molecular weight is 1050 g/mol. The average Bonchev–Trinajstić information content (AvgIpc) is 3.45. The van der Waals surface area contributed by atoms with Crippen molar-refractivity contribution >= 4 is 67.5 Å². The smallest absolute Gasteiger partial charge is 0.261 e.